The molecule has 1 saturated heterocycles. The van der Waals surface area contributed by atoms with Crippen LogP contribution in [-0.2, 0) is 22.7 Å². The zero-order valence-corrected chi connectivity index (χ0v) is 11.5. The molecule has 2 aromatic rings. The van der Waals surface area contributed by atoms with E-state index in [9.17, 15) is 14.3 Å². The van der Waals surface area contributed by atoms with E-state index in [1.807, 2.05) is 0 Å². The van der Waals surface area contributed by atoms with Crippen LogP contribution in [0.1, 0.15) is 5.82 Å². The maximum absolute atomic E-state index is 13.2. The molecule has 0 spiro atoms. The van der Waals surface area contributed by atoms with Crippen LogP contribution >= 0.6 is 0 Å². The summed E-state index contributed by atoms with van der Waals surface area (Å²) in [6.07, 6.45) is 0. The Morgan fingerprint density at radius 3 is 2.86 bits per heavy atom. The molecule has 6 nitrogen and oxygen atoms in total. The third-order valence-electron chi connectivity index (χ3n) is 3.59. The van der Waals surface area contributed by atoms with Crippen LogP contribution in [0.2, 0.25) is 0 Å². The average Bonchev–Trinajstić information content (AvgIpc) is 2.85. The van der Waals surface area contributed by atoms with Gasteiger partial charge in [0.25, 0.3) is 0 Å². The maximum Gasteiger partial charge on any atom is 0.242 e. The molecule has 1 aliphatic heterocycles. The Balaban J connectivity index is 1.89. The number of imidazole rings is 1. The Hall–Kier alpha value is -1.99. The van der Waals surface area contributed by atoms with E-state index < -0.39 is 5.82 Å². The molecule has 1 fully saturated rings. The molecule has 1 amide bonds. The molecule has 1 N–H and O–H groups in total. The number of morpholine rings is 1. The summed E-state index contributed by atoms with van der Waals surface area (Å²) in [6, 6.07) is 4.19. The summed E-state index contributed by atoms with van der Waals surface area (Å²) in [5.41, 5.74) is 1.08. The number of halogens is 1. The van der Waals surface area contributed by atoms with E-state index in [1.165, 1.54) is 12.1 Å². The molecule has 1 aromatic carbocycles. The van der Waals surface area contributed by atoms with Gasteiger partial charge in [-0.25, -0.2) is 9.37 Å². The predicted octanol–water partition coefficient (Wildman–Crippen LogP) is 0.527. The van der Waals surface area contributed by atoms with Crippen molar-refractivity contribution >= 4 is 16.9 Å². The number of hydrogen-bond donors (Lipinski definition) is 1. The fraction of sp³-hybridized carbons (Fsp3) is 0.429. The fourth-order valence-corrected chi connectivity index (χ4v) is 2.50. The lowest BCUT2D eigenvalue weighted by molar-refractivity contribution is -0.135. The summed E-state index contributed by atoms with van der Waals surface area (Å²) in [5.74, 6) is -0.0926. The maximum atomic E-state index is 13.2. The summed E-state index contributed by atoms with van der Waals surface area (Å²) in [6.45, 7) is 1.98. The van der Waals surface area contributed by atoms with Crippen molar-refractivity contribution in [2.75, 3.05) is 26.3 Å². The smallest absolute Gasteiger partial charge is 0.242 e. The number of fused-ring (bicyclic) bond motifs is 1. The van der Waals surface area contributed by atoms with E-state index in [4.69, 9.17) is 4.74 Å². The highest BCUT2D eigenvalue weighted by Gasteiger charge is 2.20. The lowest BCUT2D eigenvalue weighted by atomic mass is 10.3. The molecule has 0 aliphatic carbocycles. The molecule has 1 aliphatic rings. The highest BCUT2D eigenvalue weighted by atomic mass is 19.1. The largest absolute Gasteiger partial charge is 0.388 e. The molecular formula is C14H16FN3O3. The summed E-state index contributed by atoms with van der Waals surface area (Å²) < 4.78 is 20.1. The Kier molecular flexibility index (Phi) is 3.85. The first kappa shape index (κ1) is 14.0. The van der Waals surface area contributed by atoms with Crippen molar-refractivity contribution in [1.82, 2.24) is 14.5 Å². The second-order valence-electron chi connectivity index (χ2n) is 4.90. The number of ether oxygens (including phenoxy) is 1. The van der Waals surface area contributed by atoms with Gasteiger partial charge in [0, 0.05) is 19.2 Å². The molecule has 3 rings (SSSR count). The van der Waals surface area contributed by atoms with Crippen LogP contribution in [0.4, 0.5) is 4.39 Å². The van der Waals surface area contributed by atoms with Crippen molar-refractivity contribution in [3.63, 3.8) is 0 Å². The van der Waals surface area contributed by atoms with Crippen LogP contribution < -0.4 is 0 Å². The van der Waals surface area contributed by atoms with Crippen molar-refractivity contribution in [2.45, 2.75) is 13.2 Å². The van der Waals surface area contributed by atoms with Gasteiger partial charge in [-0.1, -0.05) is 0 Å². The molecule has 0 atom stereocenters. The number of rotatable bonds is 3. The Morgan fingerprint density at radius 1 is 1.38 bits per heavy atom. The van der Waals surface area contributed by atoms with E-state index >= 15 is 0 Å². The average molecular weight is 293 g/mol. The van der Waals surface area contributed by atoms with Crippen LogP contribution in [0.3, 0.4) is 0 Å². The standard InChI is InChI=1S/C14H16FN3O3/c15-10-1-2-12-11(7-10)16-13(9-19)18(12)8-14(20)17-3-5-21-6-4-17/h1-2,7,19H,3-6,8-9H2. The van der Waals surface area contributed by atoms with E-state index in [0.29, 0.717) is 43.2 Å². The third kappa shape index (κ3) is 2.74. The van der Waals surface area contributed by atoms with E-state index in [2.05, 4.69) is 4.98 Å². The Morgan fingerprint density at radius 2 is 2.14 bits per heavy atom. The number of aliphatic hydroxyl groups excluding tert-OH is 1. The third-order valence-corrected chi connectivity index (χ3v) is 3.59. The minimum Gasteiger partial charge on any atom is -0.388 e. The molecule has 112 valence electrons. The molecule has 2 heterocycles. The van der Waals surface area contributed by atoms with Gasteiger partial charge in [0.15, 0.2) is 0 Å². The molecule has 0 saturated carbocycles. The van der Waals surface area contributed by atoms with Crippen LogP contribution in [-0.4, -0.2) is 51.8 Å². The first-order valence-corrected chi connectivity index (χ1v) is 6.80. The van der Waals surface area contributed by atoms with E-state index in [-0.39, 0.29) is 19.1 Å². The van der Waals surface area contributed by atoms with Gasteiger partial charge in [0.1, 0.15) is 24.8 Å². The minimum absolute atomic E-state index is 0.0587. The first-order chi connectivity index (χ1) is 10.2. The predicted molar refractivity (Wildman–Crippen MR) is 73.0 cm³/mol. The number of nitrogens with zero attached hydrogens (tertiary/aromatic N) is 3. The molecule has 1 aromatic heterocycles. The molecule has 0 radical (unpaired) electrons. The van der Waals surface area contributed by atoms with Crippen LogP contribution in [0, 0.1) is 5.82 Å². The lowest BCUT2D eigenvalue weighted by Crippen LogP contribution is -2.42. The Bertz CT molecular complexity index is 665. The van der Waals surface area contributed by atoms with Gasteiger partial charge < -0.3 is 19.3 Å². The number of benzene rings is 1. The quantitative estimate of drug-likeness (QED) is 0.896. The van der Waals surface area contributed by atoms with Crippen LogP contribution in [0.25, 0.3) is 11.0 Å². The fourth-order valence-electron chi connectivity index (χ4n) is 2.50. The van der Waals surface area contributed by atoms with Gasteiger partial charge in [-0.05, 0) is 12.1 Å². The second kappa shape index (κ2) is 5.79. The van der Waals surface area contributed by atoms with Gasteiger partial charge in [0.2, 0.25) is 5.91 Å². The van der Waals surface area contributed by atoms with Crippen molar-refractivity contribution in [2.24, 2.45) is 0 Å². The zero-order valence-electron chi connectivity index (χ0n) is 11.5. The van der Waals surface area contributed by atoms with E-state index in [1.54, 1.807) is 15.5 Å². The Labute approximate surface area is 120 Å². The number of carbonyl (C=O) groups is 1. The SMILES string of the molecule is O=C(Cn1c(CO)nc2cc(F)ccc21)N1CCOCC1. The lowest BCUT2D eigenvalue weighted by Gasteiger charge is -2.27. The number of hydrogen-bond acceptors (Lipinski definition) is 4. The molecule has 21 heavy (non-hydrogen) atoms. The summed E-state index contributed by atoms with van der Waals surface area (Å²) >= 11 is 0. The molecular weight excluding hydrogens is 277 g/mol. The normalized spacial score (nSPS) is 15.6. The van der Waals surface area contributed by atoms with Gasteiger partial charge in [-0.3, -0.25) is 4.79 Å². The van der Waals surface area contributed by atoms with Crippen molar-refractivity contribution < 1.29 is 19.0 Å². The van der Waals surface area contributed by atoms with Crippen LogP contribution in [0.5, 0.6) is 0 Å². The number of aliphatic hydroxyl groups is 1. The number of aromatic nitrogens is 2. The van der Waals surface area contributed by atoms with E-state index in [0.717, 1.165) is 0 Å². The molecule has 0 bridgehead atoms. The highest BCUT2D eigenvalue weighted by Crippen LogP contribution is 2.18. The van der Waals surface area contributed by atoms with Gasteiger partial charge in [-0.2, -0.15) is 0 Å². The summed E-state index contributed by atoms with van der Waals surface area (Å²) in [7, 11) is 0. The van der Waals surface area contributed by atoms with Crippen LogP contribution in [0.15, 0.2) is 18.2 Å². The summed E-state index contributed by atoms with van der Waals surface area (Å²) in [4.78, 5) is 18.2. The van der Waals surface area contributed by atoms with Crippen molar-refractivity contribution in [3.05, 3.63) is 29.8 Å². The zero-order chi connectivity index (χ0) is 14.8. The topological polar surface area (TPSA) is 67.6 Å². The monoisotopic (exact) mass is 293 g/mol. The summed E-state index contributed by atoms with van der Waals surface area (Å²) in [5, 5.41) is 9.39. The second-order valence-corrected chi connectivity index (χ2v) is 4.90. The van der Waals surface area contributed by atoms with Crippen molar-refractivity contribution in [1.29, 1.82) is 0 Å². The first-order valence-electron chi connectivity index (χ1n) is 6.80. The molecule has 0 unspecified atom stereocenters. The van der Waals surface area contributed by atoms with Crippen molar-refractivity contribution in [3.8, 4) is 0 Å². The highest BCUT2D eigenvalue weighted by molar-refractivity contribution is 5.81. The van der Waals surface area contributed by atoms with Gasteiger partial charge in [-0.15, -0.1) is 0 Å². The number of carbonyl (C=O) groups excluding carboxylic acids is 1. The minimum atomic E-state index is -0.392. The number of amides is 1. The van der Waals surface area contributed by atoms with Gasteiger partial charge in [0.05, 0.1) is 24.2 Å². The van der Waals surface area contributed by atoms with Gasteiger partial charge >= 0.3 is 0 Å². The molecule has 7 heteroatoms.